The van der Waals surface area contributed by atoms with E-state index in [-0.39, 0.29) is 0 Å². The van der Waals surface area contributed by atoms with Crippen molar-refractivity contribution in [2.24, 2.45) is 5.92 Å². The summed E-state index contributed by atoms with van der Waals surface area (Å²) in [6.07, 6.45) is 0.547. The summed E-state index contributed by atoms with van der Waals surface area (Å²) in [7, 11) is 1.31. The second kappa shape index (κ2) is 5.83. The highest BCUT2D eigenvalue weighted by Gasteiger charge is 2.38. The molecule has 1 aromatic rings. The first-order valence-corrected chi connectivity index (χ1v) is 5.89. The van der Waals surface area contributed by atoms with Gasteiger partial charge < -0.3 is 9.84 Å². The van der Waals surface area contributed by atoms with Crippen molar-refractivity contribution in [1.29, 1.82) is 0 Å². The van der Waals surface area contributed by atoms with Gasteiger partial charge in [-0.2, -0.15) is 0 Å². The van der Waals surface area contributed by atoms with E-state index in [1.54, 1.807) is 0 Å². The number of benzene rings is 1. The number of carbonyl (C=O) groups is 1. The summed E-state index contributed by atoms with van der Waals surface area (Å²) in [4.78, 5) is 11.6. The summed E-state index contributed by atoms with van der Waals surface area (Å²) in [6.45, 7) is 7.39. The summed E-state index contributed by atoms with van der Waals surface area (Å²) < 4.78 is 4.69. The van der Waals surface area contributed by atoms with Crippen molar-refractivity contribution in [2.45, 2.75) is 25.4 Å². The van der Waals surface area contributed by atoms with E-state index in [1.807, 2.05) is 44.2 Å². The Morgan fingerprint density at radius 1 is 1.39 bits per heavy atom. The van der Waals surface area contributed by atoms with E-state index in [0.717, 1.165) is 5.56 Å². The molecule has 2 atom stereocenters. The average Bonchev–Trinajstić information content (AvgIpc) is 2.40. The van der Waals surface area contributed by atoms with Crippen LogP contribution in [0.4, 0.5) is 0 Å². The average molecular weight is 248 g/mol. The highest BCUT2D eigenvalue weighted by Crippen LogP contribution is 2.31. The molecule has 1 rings (SSSR count). The van der Waals surface area contributed by atoms with Crippen LogP contribution in [0.3, 0.4) is 0 Å². The Balaban J connectivity index is 3.04. The van der Waals surface area contributed by atoms with E-state index in [2.05, 4.69) is 11.3 Å². The fourth-order valence-electron chi connectivity index (χ4n) is 1.98. The van der Waals surface area contributed by atoms with E-state index < -0.39 is 23.4 Å². The topological polar surface area (TPSA) is 46.5 Å². The number of aliphatic hydroxyl groups is 1. The summed E-state index contributed by atoms with van der Waals surface area (Å²) in [5.74, 6) is -1.20. The highest BCUT2D eigenvalue weighted by atomic mass is 16.5. The molecule has 3 nitrogen and oxygen atoms in total. The standard InChI is InChI=1S/C15H20O3/c1-5-12(14(17)18-4)13(16)15(2,3)11-9-7-6-8-10-11/h5-10,12-13,16H,1H2,2-4H3/t12-,13-/m0/s1. The smallest absolute Gasteiger partial charge is 0.315 e. The van der Waals surface area contributed by atoms with Crippen molar-refractivity contribution in [1.82, 2.24) is 0 Å². The number of aliphatic hydroxyl groups excluding tert-OH is 1. The molecular formula is C15H20O3. The summed E-state index contributed by atoms with van der Waals surface area (Å²) >= 11 is 0. The minimum absolute atomic E-state index is 0.471. The van der Waals surface area contributed by atoms with Crippen LogP contribution in [-0.4, -0.2) is 24.3 Å². The van der Waals surface area contributed by atoms with Crippen molar-refractivity contribution >= 4 is 5.97 Å². The van der Waals surface area contributed by atoms with Gasteiger partial charge in [0.25, 0.3) is 0 Å². The number of ether oxygens (including phenoxy) is 1. The zero-order valence-electron chi connectivity index (χ0n) is 11.1. The number of hydrogen-bond acceptors (Lipinski definition) is 3. The molecule has 98 valence electrons. The number of rotatable bonds is 5. The molecule has 0 aliphatic rings. The van der Waals surface area contributed by atoms with E-state index in [1.165, 1.54) is 13.2 Å². The van der Waals surface area contributed by atoms with Gasteiger partial charge >= 0.3 is 5.97 Å². The first kappa shape index (κ1) is 14.5. The lowest BCUT2D eigenvalue weighted by Crippen LogP contribution is -2.42. The van der Waals surface area contributed by atoms with Gasteiger partial charge in [0.15, 0.2) is 0 Å². The van der Waals surface area contributed by atoms with Crippen LogP contribution in [0.5, 0.6) is 0 Å². The van der Waals surface area contributed by atoms with Gasteiger partial charge in [-0.1, -0.05) is 50.3 Å². The van der Waals surface area contributed by atoms with Crippen LogP contribution in [0, 0.1) is 5.92 Å². The lowest BCUT2D eigenvalue weighted by Gasteiger charge is -2.34. The second-order valence-corrected chi connectivity index (χ2v) is 4.82. The van der Waals surface area contributed by atoms with E-state index >= 15 is 0 Å². The molecule has 0 saturated heterocycles. The fraction of sp³-hybridized carbons (Fsp3) is 0.400. The normalized spacial score (nSPS) is 14.7. The van der Waals surface area contributed by atoms with Crippen molar-refractivity contribution in [2.75, 3.05) is 7.11 Å². The van der Waals surface area contributed by atoms with Crippen LogP contribution >= 0.6 is 0 Å². The molecule has 0 aromatic heterocycles. The van der Waals surface area contributed by atoms with Crippen LogP contribution < -0.4 is 0 Å². The Hall–Kier alpha value is -1.61. The van der Waals surface area contributed by atoms with Crippen LogP contribution in [0.15, 0.2) is 43.0 Å². The van der Waals surface area contributed by atoms with Gasteiger partial charge in [-0.25, -0.2) is 0 Å². The predicted molar refractivity (Wildman–Crippen MR) is 71.2 cm³/mol. The lowest BCUT2D eigenvalue weighted by molar-refractivity contribution is -0.148. The van der Waals surface area contributed by atoms with Gasteiger partial charge in [0, 0.05) is 5.41 Å². The van der Waals surface area contributed by atoms with Crippen molar-refractivity contribution in [3.05, 3.63) is 48.6 Å². The minimum atomic E-state index is -0.884. The van der Waals surface area contributed by atoms with Crippen LogP contribution in [0.25, 0.3) is 0 Å². The fourth-order valence-corrected chi connectivity index (χ4v) is 1.98. The molecule has 3 heteroatoms. The minimum Gasteiger partial charge on any atom is -0.468 e. The Morgan fingerprint density at radius 3 is 2.39 bits per heavy atom. The molecular weight excluding hydrogens is 228 g/mol. The largest absolute Gasteiger partial charge is 0.468 e. The van der Waals surface area contributed by atoms with Gasteiger partial charge in [0.05, 0.1) is 13.2 Å². The van der Waals surface area contributed by atoms with Crippen LogP contribution in [0.1, 0.15) is 19.4 Å². The monoisotopic (exact) mass is 248 g/mol. The van der Waals surface area contributed by atoms with Crippen LogP contribution in [-0.2, 0) is 14.9 Å². The molecule has 1 aromatic carbocycles. The molecule has 18 heavy (non-hydrogen) atoms. The number of carbonyl (C=O) groups excluding carboxylic acids is 1. The summed E-state index contributed by atoms with van der Waals surface area (Å²) in [5, 5.41) is 10.4. The Kier molecular flexibility index (Phi) is 4.68. The van der Waals surface area contributed by atoms with Crippen LogP contribution in [0.2, 0.25) is 0 Å². The zero-order valence-corrected chi connectivity index (χ0v) is 11.1. The van der Waals surface area contributed by atoms with Gasteiger partial charge in [-0.05, 0) is 5.56 Å². The zero-order chi connectivity index (χ0) is 13.8. The van der Waals surface area contributed by atoms with Gasteiger partial charge in [0.2, 0.25) is 0 Å². The second-order valence-electron chi connectivity index (χ2n) is 4.82. The molecule has 0 aliphatic carbocycles. The third-order valence-corrected chi connectivity index (χ3v) is 3.32. The molecule has 0 saturated carbocycles. The Labute approximate surface area is 108 Å². The molecule has 0 heterocycles. The third-order valence-electron chi connectivity index (χ3n) is 3.32. The maximum atomic E-state index is 11.6. The van der Waals surface area contributed by atoms with E-state index in [9.17, 15) is 9.90 Å². The molecule has 0 amide bonds. The Morgan fingerprint density at radius 2 is 1.94 bits per heavy atom. The van der Waals surface area contributed by atoms with Gasteiger partial charge in [-0.3, -0.25) is 4.79 Å². The molecule has 0 unspecified atom stereocenters. The third kappa shape index (κ3) is 2.79. The highest BCUT2D eigenvalue weighted by molar-refractivity contribution is 5.75. The SMILES string of the molecule is C=C[C@H](C(=O)OC)[C@H](O)C(C)(C)c1ccccc1. The Bertz CT molecular complexity index is 409. The van der Waals surface area contributed by atoms with Gasteiger partial charge in [-0.15, -0.1) is 6.58 Å². The first-order valence-electron chi connectivity index (χ1n) is 5.89. The quantitative estimate of drug-likeness (QED) is 0.642. The molecule has 0 bridgehead atoms. The summed E-state index contributed by atoms with van der Waals surface area (Å²) in [6, 6.07) is 9.59. The first-order chi connectivity index (χ1) is 8.45. The van der Waals surface area contributed by atoms with Gasteiger partial charge in [0.1, 0.15) is 5.92 Å². The lowest BCUT2D eigenvalue weighted by atomic mass is 9.74. The molecule has 0 fully saturated rings. The summed E-state index contributed by atoms with van der Waals surface area (Å²) in [5.41, 5.74) is 0.405. The van der Waals surface area contributed by atoms with Crippen molar-refractivity contribution in [3.8, 4) is 0 Å². The molecule has 1 N–H and O–H groups in total. The number of esters is 1. The predicted octanol–water partition coefficient (Wildman–Crippen LogP) is 2.30. The number of methoxy groups -OCH3 is 1. The molecule has 0 spiro atoms. The van der Waals surface area contributed by atoms with Crippen molar-refractivity contribution < 1.29 is 14.6 Å². The maximum Gasteiger partial charge on any atom is 0.315 e. The number of hydrogen-bond donors (Lipinski definition) is 1. The van der Waals surface area contributed by atoms with E-state index in [0.29, 0.717) is 0 Å². The maximum absolute atomic E-state index is 11.6. The van der Waals surface area contributed by atoms with Crippen molar-refractivity contribution in [3.63, 3.8) is 0 Å². The molecule has 0 radical (unpaired) electrons. The van der Waals surface area contributed by atoms with E-state index in [4.69, 9.17) is 0 Å². The molecule has 0 aliphatic heterocycles.